The van der Waals surface area contributed by atoms with Gasteiger partial charge in [0, 0.05) is 11.8 Å². The molecule has 30 heavy (non-hydrogen) atoms. The highest BCUT2D eigenvalue weighted by Crippen LogP contribution is 2.61. The molecule has 0 aromatic heterocycles. The van der Waals surface area contributed by atoms with Crippen molar-refractivity contribution in [3.8, 4) is 0 Å². The van der Waals surface area contributed by atoms with E-state index in [4.69, 9.17) is 9.47 Å². The van der Waals surface area contributed by atoms with E-state index in [2.05, 4.69) is 13.5 Å². The first-order chi connectivity index (χ1) is 14.2. The highest BCUT2D eigenvalue weighted by Gasteiger charge is 2.57. The van der Waals surface area contributed by atoms with Crippen molar-refractivity contribution < 1.29 is 29.3 Å². The zero-order valence-corrected chi connectivity index (χ0v) is 18.5. The maximum absolute atomic E-state index is 12.3. The second-order valence-corrected chi connectivity index (χ2v) is 9.75. The van der Waals surface area contributed by atoms with Gasteiger partial charge in [0.2, 0.25) is 0 Å². The number of ether oxygens (including phenoxy) is 2. The van der Waals surface area contributed by atoms with Crippen LogP contribution in [0.2, 0.25) is 0 Å². The van der Waals surface area contributed by atoms with Crippen LogP contribution < -0.4 is 0 Å². The van der Waals surface area contributed by atoms with Crippen LogP contribution >= 0.6 is 0 Å². The zero-order chi connectivity index (χ0) is 22.1. The van der Waals surface area contributed by atoms with E-state index in [1.54, 1.807) is 0 Å². The van der Waals surface area contributed by atoms with Crippen LogP contribution in [0.25, 0.3) is 0 Å². The molecule has 0 radical (unpaired) electrons. The van der Waals surface area contributed by atoms with Gasteiger partial charge in [-0.05, 0) is 55.8 Å². The summed E-state index contributed by atoms with van der Waals surface area (Å²) in [6.45, 7) is 10.5. The molecule has 6 heteroatoms. The fraction of sp³-hybridized carbons (Fsp3) is 0.750. The average Bonchev–Trinajstić information content (AvgIpc) is 3.04. The lowest BCUT2D eigenvalue weighted by Gasteiger charge is -2.59. The Morgan fingerprint density at radius 3 is 2.77 bits per heavy atom. The third-order valence-electron chi connectivity index (χ3n) is 7.94. The van der Waals surface area contributed by atoms with Crippen molar-refractivity contribution in [2.75, 3.05) is 13.2 Å². The number of cyclic esters (lactones) is 1. The molecule has 6 atom stereocenters. The van der Waals surface area contributed by atoms with E-state index in [-0.39, 0.29) is 36.4 Å². The molecule has 0 spiro atoms. The molecule has 3 fully saturated rings. The predicted octanol–water partition coefficient (Wildman–Crippen LogP) is 3.31. The third-order valence-corrected chi connectivity index (χ3v) is 7.94. The molecule has 3 aliphatic rings. The number of hydrogen-bond donors (Lipinski definition) is 2. The van der Waals surface area contributed by atoms with Gasteiger partial charge < -0.3 is 19.7 Å². The molecular formula is C24H36O6. The van der Waals surface area contributed by atoms with Crippen LogP contribution in [0.4, 0.5) is 0 Å². The van der Waals surface area contributed by atoms with Crippen molar-refractivity contribution >= 4 is 11.9 Å². The fourth-order valence-corrected chi connectivity index (χ4v) is 6.07. The van der Waals surface area contributed by atoms with E-state index < -0.39 is 23.6 Å². The molecule has 2 aliphatic carbocycles. The second kappa shape index (κ2) is 8.83. The van der Waals surface area contributed by atoms with Crippen LogP contribution in [0, 0.1) is 22.7 Å². The number of fused-ring (bicyclic) bond motifs is 1. The molecule has 168 valence electrons. The lowest BCUT2D eigenvalue weighted by molar-refractivity contribution is -0.151. The van der Waals surface area contributed by atoms with Crippen LogP contribution in [0.5, 0.6) is 0 Å². The number of rotatable bonds is 6. The first kappa shape index (κ1) is 23.0. The number of hydrogen-bond acceptors (Lipinski definition) is 6. The Labute approximate surface area is 179 Å². The summed E-state index contributed by atoms with van der Waals surface area (Å²) >= 11 is 0. The number of carbonyl (C=O) groups is 2. The van der Waals surface area contributed by atoms with Crippen molar-refractivity contribution in [2.24, 2.45) is 22.7 Å². The van der Waals surface area contributed by atoms with Gasteiger partial charge in [-0.1, -0.05) is 39.0 Å². The topological polar surface area (TPSA) is 93.1 Å². The van der Waals surface area contributed by atoms with Gasteiger partial charge in [-0.25, -0.2) is 4.79 Å². The van der Waals surface area contributed by atoms with Crippen molar-refractivity contribution in [2.45, 2.75) is 77.9 Å². The van der Waals surface area contributed by atoms with Gasteiger partial charge in [0.25, 0.3) is 0 Å². The van der Waals surface area contributed by atoms with Gasteiger partial charge in [-0.15, -0.1) is 0 Å². The van der Waals surface area contributed by atoms with Crippen LogP contribution in [0.15, 0.2) is 23.8 Å². The minimum atomic E-state index is -0.645. The molecule has 3 rings (SSSR count). The van der Waals surface area contributed by atoms with Gasteiger partial charge >= 0.3 is 11.9 Å². The Kier molecular flexibility index (Phi) is 6.78. The Bertz CT molecular complexity index is 727. The maximum Gasteiger partial charge on any atom is 0.337 e. The summed E-state index contributed by atoms with van der Waals surface area (Å²) in [5.41, 5.74) is 0.899. The molecule has 1 saturated heterocycles. The summed E-state index contributed by atoms with van der Waals surface area (Å²) in [6, 6.07) is 0. The monoisotopic (exact) mass is 420 g/mol. The van der Waals surface area contributed by atoms with E-state index in [9.17, 15) is 19.8 Å². The summed E-state index contributed by atoms with van der Waals surface area (Å²) < 4.78 is 10.6. The van der Waals surface area contributed by atoms with Crippen molar-refractivity contribution in [1.29, 1.82) is 0 Å². The van der Waals surface area contributed by atoms with Crippen LogP contribution in [-0.2, 0) is 19.1 Å². The number of allylic oxidation sites excluding steroid dienone is 2. The van der Waals surface area contributed by atoms with Gasteiger partial charge in [-0.3, -0.25) is 4.79 Å². The summed E-state index contributed by atoms with van der Waals surface area (Å²) in [5, 5.41) is 20.8. The first-order valence-electron chi connectivity index (χ1n) is 11.2. The summed E-state index contributed by atoms with van der Waals surface area (Å²) in [6.07, 6.45) is 5.55. The van der Waals surface area contributed by atoms with Crippen LogP contribution in [0.1, 0.15) is 65.7 Å². The van der Waals surface area contributed by atoms with E-state index in [0.29, 0.717) is 31.3 Å². The second-order valence-electron chi connectivity index (χ2n) is 9.75. The van der Waals surface area contributed by atoms with Crippen LogP contribution in [-0.4, -0.2) is 47.6 Å². The lowest BCUT2D eigenvalue weighted by atomic mass is 9.46. The quantitative estimate of drug-likeness (QED) is 0.389. The Hall–Kier alpha value is -1.66. The largest absolute Gasteiger partial charge is 0.458 e. The zero-order valence-electron chi connectivity index (χ0n) is 18.5. The molecule has 2 saturated carbocycles. The first-order valence-corrected chi connectivity index (χ1v) is 11.2. The van der Waals surface area contributed by atoms with Gasteiger partial charge in [0.05, 0.1) is 18.3 Å². The van der Waals surface area contributed by atoms with Crippen molar-refractivity contribution in [1.82, 2.24) is 0 Å². The lowest BCUT2D eigenvalue weighted by Crippen LogP contribution is -2.57. The molecule has 1 aliphatic heterocycles. The summed E-state index contributed by atoms with van der Waals surface area (Å²) in [5.74, 6) is -0.448. The number of aliphatic hydroxyl groups is 2. The van der Waals surface area contributed by atoms with Gasteiger partial charge in [0.1, 0.15) is 6.61 Å². The fourth-order valence-electron chi connectivity index (χ4n) is 6.07. The van der Waals surface area contributed by atoms with E-state index in [1.165, 1.54) is 0 Å². The molecule has 0 bridgehead atoms. The molecule has 0 unspecified atom stereocenters. The number of carbonyl (C=O) groups excluding carboxylic acids is 2. The van der Waals surface area contributed by atoms with Gasteiger partial charge in [-0.2, -0.15) is 0 Å². The number of aliphatic hydroxyl groups excluding tert-OH is 2. The number of esters is 2. The molecule has 0 aromatic carbocycles. The Morgan fingerprint density at radius 2 is 2.10 bits per heavy atom. The summed E-state index contributed by atoms with van der Waals surface area (Å²) in [7, 11) is 0. The third kappa shape index (κ3) is 3.96. The maximum atomic E-state index is 12.3. The minimum absolute atomic E-state index is 0.0451. The predicted molar refractivity (Wildman–Crippen MR) is 112 cm³/mol. The molecule has 0 amide bonds. The minimum Gasteiger partial charge on any atom is -0.458 e. The van der Waals surface area contributed by atoms with Gasteiger partial charge in [0.15, 0.2) is 6.10 Å². The van der Waals surface area contributed by atoms with Crippen LogP contribution in [0.3, 0.4) is 0 Å². The van der Waals surface area contributed by atoms with E-state index >= 15 is 0 Å². The van der Waals surface area contributed by atoms with E-state index in [0.717, 1.165) is 24.8 Å². The van der Waals surface area contributed by atoms with Crippen molar-refractivity contribution in [3.63, 3.8) is 0 Å². The smallest absolute Gasteiger partial charge is 0.337 e. The highest BCUT2D eigenvalue weighted by molar-refractivity contribution is 5.92. The van der Waals surface area contributed by atoms with Crippen molar-refractivity contribution in [3.05, 3.63) is 23.8 Å². The normalized spacial score (nSPS) is 40.2. The highest BCUT2D eigenvalue weighted by atomic mass is 16.6. The molecule has 6 nitrogen and oxygen atoms in total. The Morgan fingerprint density at radius 1 is 1.37 bits per heavy atom. The Balaban J connectivity index is 1.83. The SMILES string of the molecule is C=C1CC[C@@H]2[C@](C)(CO)[C@H](O)CC[C@@]2(C)[C@@H]1C/C=C1/C(=O)OC[C@H]1OC(=O)CCC. The summed E-state index contributed by atoms with van der Waals surface area (Å²) in [4.78, 5) is 24.2. The molecule has 2 N–H and O–H groups in total. The average molecular weight is 421 g/mol. The molecule has 0 aromatic rings. The molecular weight excluding hydrogens is 384 g/mol. The molecule has 1 heterocycles. The van der Waals surface area contributed by atoms with E-state index in [1.807, 2.05) is 19.9 Å². The standard InChI is InChI=1S/C24H36O6/c1-5-6-21(27)30-18-13-29-22(28)16(18)8-9-17-15(2)7-10-19-23(17,3)12-11-20(26)24(19,4)14-25/h8,17-20,25-26H,2,5-7,9-14H2,1,3-4H3/b16-8+/t17-,18-,19+,20-,23+,24+/m1/s1.